The molecule has 0 saturated carbocycles. The number of phenols is 1. The van der Waals surface area contributed by atoms with Crippen LogP contribution in [0.25, 0.3) is 0 Å². The molecule has 124 valence electrons. The molecule has 6 nitrogen and oxygen atoms in total. The molecule has 0 amide bonds. The lowest BCUT2D eigenvalue weighted by molar-refractivity contribution is 0.0500. The van der Waals surface area contributed by atoms with Crippen molar-refractivity contribution in [3.8, 4) is 5.75 Å². The van der Waals surface area contributed by atoms with Gasteiger partial charge in [0, 0.05) is 11.6 Å². The van der Waals surface area contributed by atoms with Crippen molar-refractivity contribution in [1.29, 1.82) is 0 Å². The van der Waals surface area contributed by atoms with Gasteiger partial charge in [-0.15, -0.1) is 0 Å². The van der Waals surface area contributed by atoms with Gasteiger partial charge in [0.15, 0.2) is 0 Å². The Labute approximate surface area is 143 Å². The molecule has 0 spiro atoms. The van der Waals surface area contributed by atoms with E-state index in [1.54, 1.807) is 18.0 Å². The number of thioether (sulfide) groups is 1. The Morgan fingerprint density at radius 3 is 2.79 bits per heavy atom. The molecule has 7 heteroatoms. The van der Waals surface area contributed by atoms with Crippen molar-refractivity contribution in [2.45, 2.75) is 11.8 Å². The molecular weight excluding hydrogens is 330 g/mol. The summed E-state index contributed by atoms with van der Waals surface area (Å²) >= 11 is 1.25. The predicted octanol–water partition coefficient (Wildman–Crippen LogP) is 3.19. The average Bonchev–Trinajstić information content (AvgIpc) is 2.60. The van der Waals surface area contributed by atoms with E-state index in [2.05, 4.69) is 0 Å². The highest BCUT2D eigenvalue weighted by Crippen LogP contribution is 2.48. The van der Waals surface area contributed by atoms with Crippen LogP contribution in [0.5, 0.6) is 5.75 Å². The molecule has 1 aromatic rings. The molecular formula is C17H15NO5S. The number of hydrogen-bond acceptors (Lipinski definition) is 7. The monoisotopic (exact) mass is 345 g/mol. The Morgan fingerprint density at radius 1 is 1.29 bits per heavy atom. The standard InChI is InChI=1S/C17H15NO5S/c1-3-23-17(21)13-11(16(20)22-2)8-12(19)14-15(13)24-9-10-6-4-5-7-18(10)14/h4-9,19H,3H2,1-2H3. The molecule has 0 aromatic heterocycles. The predicted molar refractivity (Wildman–Crippen MR) is 90.1 cm³/mol. The van der Waals surface area contributed by atoms with Crippen molar-refractivity contribution in [3.05, 3.63) is 52.7 Å². The molecule has 2 heterocycles. The minimum Gasteiger partial charge on any atom is -0.506 e. The summed E-state index contributed by atoms with van der Waals surface area (Å²) in [5.74, 6) is -1.45. The van der Waals surface area contributed by atoms with E-state index in [-0.39, 0.29) is 23.5 Å². The number of esters is 2. The van der Waals surface area contributed by atoms with Crippen LogP contribution in [0.2, 0.25) is 0 Å². The molecule has 3 rings (SSSR count). The molecule has 2 aliphatic heterocycles. The number of allylic oxidation sites excluding steroid dienone is 3. The van der Waals surface area contributed by atoms with Crippen LogP contribution >= 0.6 is 11.8 Å². The summed E-state index contributed by atoms with van der Waals surface area (Å²) in [6, 6.07) is 1.24. The lowest BCUT2D eigenvalue weighted by Crippen LogP contribution is -2.22. The van der Waals surface area contributed by atoms with Crippen LogP contribution in [-0.2, 0) is 9.47 Å². The van der Waals surface area contributed by atoms with Crippen LogP contribution in [0.1, 0.15) is 27.6 Å². The number of methoxy groups -OCH3 is 1. The van der Waals surface area contributed by atoms with Gasteiger partial charge in [0.05, 0.1) is 35.4 Å². The van der Waals surface area contributed by atoms with Crippen LogP contribution in [0.3, 0.4) is 0 Å². The number of nitrogens with zero attached hydrogens (tertiary/aromatic N) is 1. The zero-order chi connectivity index (χ0) is 17.3. The number of carbonyl (C=O) groups excluding carboxylic acids is 2. The highest BCUT2D eigenvalue weighted by Gasteiger charge is 2.32. The highest BCUT2D eigenvalue weighted by molar-refractivity contribution is 8.02. The van der Waals surface area contributed by atoms with Gasteiger partial charge in [-0.3, -0.25) is 0 Å². The summed E-state index contributed by atoms with van der Waals surface area (Å²) in [7, 11) is 1.22. The lowest BCUT2D eigenvalue weighted by atomic mass is 10.0. The number of fused-ring (bicyclic) bond motifs is 3. The van der Waals surface area contributed by atoms with Crippen LogP contribution in [0, 0.1) is 0 Å². The fraction of sp³-hybridized carbons (Fsp3) is 0.176. The van der Waals surface area contributed by atoms with E-state index in [4.69, 9.17) is 9.47 Å². The maximum absolute atomic E-state index is 12.4. The molecule has 0 saturated heterocycles. The number of carbonyl (C=O) groups is 2. The van der Waals surface area contributed by atoms with Crippen molar-refractivity contribution in [2.75, 3.05) is 18.6 Å². The van der Waals surface area contributed by atoms with Gasteiger partial charge in [0.25, 0.3) is 0 Å². The van der Waals surface area contributed by atoms with Crippen molar-refractivity contribution in [1.82, 2.24) is 0 Å². The molecule has 0 radical (unpaired) electrons. The second-order valence-electron chi connectivity index (χ2n) is 4.94. The van der Waals surface area contributed by atoms with Gasteiger partial charge in [-0.2, -0.15) is 0 Å². The van der Waals surface area contributed by atoms with Crippen molar-refractivity contribution in [3.63, 3.8) is 0 Å². The van der Waals surface area contributed by atoms with Gasteiger partial charge in [-0.25, -0.2) is 9.59 Å². The van der Waals surface area contributed by atoms with Gasteiger partial charge < -0.3 is 19.5 Å². The Bertz CT molecular complexity index is 810. The van der Waals surface area contributed by atoms with E-state index in [0.29, 0.717) is 10.6 Å². The maximum atomic E-state index is 12.4. The summed E-state index contributed by atoms with van der Waals surface area (Å²) in [5, 5.41) is 12.3. The summed E-state index contributed by atoms with van der Waals surface area (Å²) in [5.41, 5.74) is 1.37. The molecule has 0 bridgehead atoms. The summed E-state index contributed by atoms with van der Waals surface area (Å²) in [6.07, 6.45) is 7.35. The number of ether oxygens (including phenoxy) is 2. The highest BCUT2D eigenvalue weighted by atomic mass is 32.2. The summed E-state index contributed by atoms with van der Waals surface area (Å²) < 4.78 is 9.83. The number of hydrogen-bond donors (Lipinski definition) is 1. The Kier molecular flexibility index (Phi) is 4.35. The Hall–Kier alpha value is -2.67. The number of anilines is 1. The molecule has 2 aliphatic rings. The molecule has 24 heavy (non-hydrogen) atoms. The number of phenolic OH excluding ortho intramolecular Hbond substituents is 1. The second-order valence-corrected chi connectivity index (χ2v) is 5.82. The first-order chi connectivity index (χ1) is 11.6. The fourth-order valence-electron chi connectivity index (χ4n) is 2.53. The van der Waals surface area contributed by atoms with Crippen molar-refractivity contribution >= 4 is 29.4 Å². The third-order valence-electron chi connectivity index (χ3n) is 3.55. The van der Waals surface area contributed by atoms with Gasteiger partial charge in [0.1, 0.15) is 11.4 Å². The van der Waals surface area contributed by atoms with E-state index in [9.17, 15) is 14.7 Å². The molecule has 0 unspecified atom stereocenters. The lowest BCUT2D eigenvalue weighted by Gasteiger charge is -2.31. The summed E-state index contributed by atoms with van der Waals surface area (Å²) in [6.45, 7) is 1.86. The van der Waals surface area contributed by atoms with E-state index < -0.39 is 11.9 Å². The number of aromatic hydroxyl groups is 1. The van der Waals surface area contributed by atoms with E-state index in [0.717, 1.165) is 5.70 Å². The third-order valence-corrected chi connectivity index (χ3v) is 4.54. The zero-order valence-electron chi connectivity index (χ0n) is 13.1. The molecule has 1 N–H and O–H groups in total. The Morgan fingerprint density at radius 2 is 2.08 bits per heavy atom. The van der Waals surface area contributed by atoms with Crippen LogP contribution < -0.4 is 4.90 Å². The van der Waals surface area contributed by atoms with Crippen molar-refractivity contribution < 1.29 is 24.2 Å². The van der Waals surface area contributed by atoms with E-state index >= 15 is 0 Å². The number of rotatable bonds is 3. The van der Waals surface area contributed by atoms with Gasteiger partial charge >= 0.3 is 11.9 Å². The molecule has 0 aliphatic carbocycles. The average molecular weight is 345 g/mol. The molecule has 0 atom stereocenters. The minimum atomic E-state index is -0.708. The van der Waals surface area contributed by atoms with E-state index in [1.807, 2.05) is 23.6 Å². The Balaban J connectivity index is 2.24. The van der Waals surface area contributed by atoms with Crippen LogP contribution in [-0.4, -0.2) is 30.8 Å². The normalized spacial score (nSPS) is 14.6. The third kappa shape index (κ3) is 2.56. The SMILES string of the molecule is CCOC(=O)c1c(C(=O)OC)cc(O)c2c1SC=C1C=CC=CN12. The fourth-order valence-corrected chi connectivity index (χ4v) is 3.59. The van der Waals surface area contributed by atoms with E-state index in [1.165, 1.54) is 24.9 Å². The second kappa shape index (κ2) is 6.45. The van der Waals surface area contributed by atoms with Crippen LogP contribution in [0.4, 0.5) is 5.69 Å². The summed E-state index contributed by atoms with van der Waals surface area (Å²) in [4.78, 5) is 26.7. The topological polar surface area (TPSA) is 76.1 Å². The van der Waals surface area contributed by atoms with Gasteiger partial charge in [-0.1, -0.05) is 17.8 Å². The maximum Gasteiger partial charge on any atom is 0.340 e. The van der Waals surface area contributed by atoms with Crippen molar-refractivity contribution in [2.24, 2.45) is 0 Å². The largest absolute Gasteiger partial charge is 0.506 e. The number of benzene rings is 1. The first-order valence-corrected chi connectivity index (χ1v) is 8.12. The minimum absolute atomic E-state index is 0.0203. The smallest absolute Gasteiger partial charge is 0.340 e. The molecule has 1 aromatic carbocycles. The van der Waals surface area contributed by atoms with Crippen LogP contribution in [0.15, 0.2) is 46.5 Å². The first kappa shape index (κ1) is 16.2. The quantitative estimate of drug-likeness (QED) is 0.843. The first-order valence-electron chi connectivity index (χ1n) is 7.24. The molecule has 0 fully saturated rings. The van der Waals surface area contributed by atoms with Gasteiger partial charge in [-0.05, 0) is 25.1 Å². The zero-order valence-corrected chi connectivity index (χ0v) is 13.9. The van der Waals surface area contributed by atoms with Gasteiger partial charge in [0.2, 0.25) is 0 Å².